The Morgan fingerprint density at radius 3 is 2.88 bits per heavy atom. The number of hydrogen-bond donors (Lipinski definition) is 1. The van der Waals surface area contributed by atoms with Crippen molar-refractivity contribution in [2.24, 2.45) is 0 Å². The Balaban J connectivity index is 1.35. The van der Waals surface area contributed by atoms with Crippen LogP contribution < -0.4 is 10.1 Å². The molecule has 0 bridgehead atoms. The van der Waals surface area contributed by atoms with Crippen molar-refractivity contribution in [1.82, 2.24) is 14.6 Å². The maximum absolute atomic E-state index is 13.8. The number of carbonyl (C=O) groups is 2. The number of pyridine rings is 1. The number of aromatic nitrogens is 3. The van der Waals surface area contributed by atoms with Crippen LogP contribution in [0.15, 0.2) is 60.8 Å². The quantitative estimate of drug-likeness (QED) is 0.447. The Bertz CT molecular complexity index is 1380. The van der Waals surface area contributed by atoms with Gasteiger partial charge in [-0.3, -0.25) is 10.1 Å². The van der Waals surface area contributed by atoms with Crippen LogP contribution in [0.4, 0.5) is 10.3 Å². The summed E-state index contributed by atoms with van der Waals surface area (Å²) in [5, 5.41) is 6.95. The second kappa shape index (κ2) is 8.34. The number of fused-ring (bicyclic) bond motifs is 2. The highest BCUT2D eigenvalue weighted by atomic mass is 19.1. The lowest BCUT2D eigenvalue weighted by Crippen LogP contribution is -2.16. The Morgan fingerprint density at radius 1 is 1.18 bits per heavy atom. The van der Waals surface area contributed by atoms with E-state index in [0.717, 1.165) is 0 Å². The van der Waals surface area contributed by atoms with Crippen LogP contribution in [0.1, 0.15) is 35.4 Å². The summed E-state index contributed by atoms with van der Waals surface area (Å²) >= 11 is 0. The Hall–Kier alpha value is -4.27. The van der Waals surface area contributed by atoms with Gasteiger partial charge in [-0.25, -0.2) is 13.7 Å². The Labute approximate surface area is 188 Å². The summed E-state index contributed by atoms with van der Waals surface area (Å²) in [6.07, 6.45) is 0.983. The fourth-order valence-corrected chi connectivity index (χ4v) is 3.82. The van der Waals surface area contributed by atoms with E-state index >= 15 is 0 Å². The van der Waals surface area contributed by atoms with Gasteiger partial charge in [0.2, 0.25) is 11.9 Å². The second-order valence-corrected chi connectivity index (χ2v) is 7.46. The number of esters is 1. The van der Waals surface area contributed by atoms with Gasteiger partial charge in [-0.05, 0) is 43.3 Å². The van der Waals surface area contributed by atoms with Gasteiger partial charge in [0.1, 0.15) is 17.7 Å². The molecule has 4 aromatic rings. The van der Waals surface area contributed by atoms with E-state index in [4.69, 9.17) is 9.47 Å². The highest BCUT2D eigenvalue weighted by Crippen LogP contribution is 2.33. The maximum Gasteiger partial charge on any atom is 0.339 e. The molecular formula is C24H19FN4O4. The van der Waals surface area contributed by atoms with Gasteiger partial charge >= 0.3 is 5.97 Å². The van der Waals surface area contributed by atoms with Crippen molar-refractivity contribution in [1.29, 1.82) is 0 Å². The third-order valence-electron chi connectivity index (χ3n) is 5.28. The number of halogens is 1. The number of anilines is 1. The minimum absolute atomic E-state index is 0.0510. The van der Waals surface area contributed by atoms with E-state index in [1.165, 1.54) is 16.6 Å². The number of nitrogens with one attached hydrogen (secondary N) is 1. The van der Waals surface area contributed by atoms with Crippen LogP contribution >= 0.6 is 0 Å². The molecule has 1 N–H and O–H groups in total. The fourth-order valence-electron chi connectivity index (χ4n) is 3.82. The van der Waals surface area contributed by atoms with Crippen molar-refractivity contribution in [2.45, 2.75) is 19.4 Å². The molecule has 0 saturated carbocycles. The molecule has 0 radical (unpaired) electrons. The monoisotopic (exact) mass is 446 g/mol. The molecule has 3 heterocycles. The van der Waals surface area contributed by atoms with Crippen molar-refractivity contribution in [3.05, 3.63) is 77.7 Å². The van der Waals surface area contributed by atoms with E-state index in [9.17, 15) is 14.0 Å². The Morgan fingerprint density at radius 2 is 2.03 bits per heavy atom. The molecule has 0 saturated heterocycles. The molecule has 1 aliphatic heterocycles. The molecule has 0 aliphatic carbocycles. The summed E-state index contributed by atoms with van der Waals surface area (Å²) < 4.78 is 26.3. The lowest BCUT2D eigenvalue weighted by molar-refractivity contribution is -0.118. The SMILES string of the molecule is CCOc1ccc(F)cc1-c1ccc2nc(NC(=O)C[C@@H]3OC(=O)c4ccccc43)nn2c1. The van der Waals surface area contributed by atoms with Crippen molar-refractivity contribution >= 4 is 23.5 Å². The zero-order chi connectivity index (χ0) is 22.9. The van der Waals surface area contributed by atoms with Gasteiger partial charge in [-0.2, -0.15) is 4.98 Å². The van der Waals surface area contributed by atoms with E-state index in [2.05, 4.69) is 15.4 Å². The lowest BCUT2D eigenvalue weighted by Gasteiger charge is -2.10. The molecule has 33 heavy (non-hydrogen) atoms. The van der Waals surface area contributed by atoms with Gasteiger partial charge in [0.25, 0.3) is 0 Å². The topological polar surface area (TPSA) is 94.8 Å². The molecule has 8 nitrogen and oxygen atoms in total. The van der Waals surface area contributed by atoms with Gasteiger partial charge in [-0.15, -0.1) is 5.10 Å². The molecule has 1 aliphatic rings. The number of ether oxygens (including phenoxy) is 2. The highest BCUT2D eigenvalue weighted by molar-refractivity contribution is 5.96. The van der Waals surface area contributed by atoms with Gasteiger partial charge in [0.15, 0.2) is 5.65 Å². The summed E-state index contributed by atoms with van der Waals surface area (Å²) in [6.45, 7) is 2.30. The van der Waals surface area contributed by atoms with Crippen LogP contribution in [-0.4, -0.2) is 33.1 Å². The van der Waals surface area contributed by atoms with E-state index in [1.54, 1.807) is 48.7 Å². The van der Waals surface area contributed by atoms with Gasteiger partial charge in [0.05, 0.1) is 18.6 Å². The number of cyclic esters (lactones) is 1. The zero-order valence-electron chi connectivity index (χ0n) is 17.6. The lowest BCUT2D eigenvalue weighted by atomic mass is 10.0. The van der Waals surface area contributed by atoms with Crippen LogP contribution in [-0.2, 0) is 9.53 Å². The molecule has 5 rings (SSSR count). The first-order valence-corrected chi connectivity index (χ1v) is 10.4. The normalized spacial score (nSPS) is 14.7. The smallest absolute Gasteiger partial charge is 0.339 e. The number of rotatable bonds is 6. The van der Waals surface area contributed by atoms with Gasteiger partial charge in [-0.1, -0.05) is 18.2 Å². The van der Waals surface area contributed by atoms with Crippen molar-refractivity contribution in [2.75, 3.05) is 11.9 Å². The summed E-state index contributed by atoms with van der Waals surface area (Å²) in [6, 6.07) is 14.8. The maximum atomic E-state index is 13.8. The standard InChI is InChI=1S/C24H19FN4O4/c1-2-32-19-9-8-15(25)11-18(19)14-7-10-21-26-24(28-29(21)13-14)27-22(30)12-20-16-5-3-4-6-17(16)23(31)33-20/h3-11,13,20H,2,12H2,1H3,(H,27,28,30)/t20-/m0/s1. The minimum atomic E-state index is -0.651. The van der Waals surface area contributed by atoms with Crippen LogP contribution in [0.5, 0.6) is 5.75 Å². The molecule has 0 spiro atoms. The van der Waals surface area contributed by atoms with Crippen molar-refractivity contribution < 1.29 is 23.5 Å². The number of amides is 1. The predicted octanol–water partition coefficient (Wildman–Crippen LogP) is 4.17. The molecule has 2 aromatic carbocycles. The predicted molar refractivity (Wildman–Crippen MR) is 117 cm³/mol. The number of benzene rings is 2. The van der Waals surface area contributed by atoms with E-state index in [1.807, 2.05) is 6.92 Å². The summed E-state index contributed by atoms with van der Waals surface area (Å²) in [5.41, 5.74) is 2.92. The molecule has 2 aromatic heterocycles. The van der Waals surface area contributed by atoms with Crippen molar-refractivity contribution in [3.63, 3.8) is 0 Å². The van der Waals surface area contributed by atoms with Crippen molar-refractivity contribution in [3.8, 4) is 16.9 Å². The fraction of sp³-hybridized carbons (Fsp3) is 0.167. The molecular weight excluding hydrogens is 427 g/mol. The molecule has 9 heteroatoms. The van der Waals surface area contributed by atoms with E-state index in [-0.39, 0.29) is 24.1 Å². The number of hydrogen-bond acceptors (Lipinski definition) is 6. The largest absolute Gasteiger partial charge is 0.493 e. The number of carbonyl (C=O) groups excluding carboxylic acids is 2. The highest BCUT2D eigenvalue weighted by Gasteiger charge is 2.32. The molecule has 0 unspecified atom stereocenters. The first-order valence-electron chi connectivity index (χ1n) is 10.4. The average molecular weight is 446 g/mol. The third-order valence-corrected chi connectivity index (χ3v) is 5.28. The van der Waals surface area contributed by atoms with Crippen LogP contribution in [0.25, 0.3) is 16.8 Å². The summed E-state index contributed by atoms with van der Waals surface area (Å²) in [7, 11) is 0. The summed E-state index contributed by atoms with van der Waals surface area (Å²) in [4.78, 5) is 28.8. The van der Waals surface area contributed by atoms with E-state index < -0.39 is 12.1 Å². The molecule has 166 valence electrons. The third kappa shape index (κ3) is 4.00. The average Bonchev–Trinajstić information content (AvgIpc) is 3.34. The van der Waals surface area contributed by atoms with Gasteiger partial charge in [0, 0.05) is 22.9 Å². The molecule has 1 atom stereocenters. The van der Waals surface area contributed by atoms with Crippen LogP contribution in [0, 0.1) is 5.82 Å². The molecule has 0 fully saturated rings. The zero-order valence-corrected chi connectivity index (χ0v) is 17.6. The Kier molecular flexibility index (Phi) is 5.21. The second-order valence-electron chi connectivity index (χ2n) is 7.46. The van der Waals surface area contributed by atoms with E-state index in [0.29, 0.717) is 40.3 Å². The van der Waals surface area contributed by atoms with Gasteiger partial charge < -0.3 is 9.47 Å². The first kappa shape index (κ1) is 20.6. The first-order chi connectivity index (χ1) is 16.0. The van der Waals surface area contributed by atoms with Crippen LogP contribution in [0.2, 0.25) is 0 Å². The van der Waals surface area contributed by atoms with Crippen LogP contribution in [0.3, 0.4) is 0 Å². The molecule has 1 amide bonds. The number of nitrogens with zero attached hydrogens (tertiary/aromatic N) is 3. The minimum Gasteiger partial charge on any atom is -0.493 e. The summed E-state index contributed by atoms with van der Waals surface area (Å²) in [5.74, 6) is -0.540.